The molecule has 0 saturated heterocycles. The average molecular weight is 308 g/mol. The molecule has 1 aromatic heterocycles. The second-order valence-electron chi connectivity index (χ2n) is 5.11. The number of nitrogens with one attached hydrogen (secondary N) is 1. The molecule has 1 saturated carbocycles. The van der Waals surface area contributed by atoms with Crippen molar-refractivity contribution in [1.82, 2.24) is 4.98 Å². The maximum atomic E-state index is 6.08. The molecule has 2 unspecified atom stereocenters. The molecule has 1 aromatic rings. The summed E-state index contributed by atoms with van der Waals surface area (Å²) in [6.07, 6.45) is 5.21. The van der Waals surface area contributed by atoms with Crippen molar-refractivity contribution in [3.63, 3.8) is 0 Å². The molecule has 0 aliphatic heterocycles. The second-order valence-corrected chi connectivity index (χ2v) is 6.28. The van der Waals surface area contributed by atoms with Gasteiger partial charge in [0, 0.05) is 6.54 Å². The first-order valence-corrected chi connectivity index (χ1v) is 7.45. The summed E-state index contributed by atoms with van der Waals surface area (Å²) in [6, 6.07) is 1.63. The van der Waals surface area contributed by atoms with Crippen LogP contribution in [-0.4, -0.2) is 11.5 Å². The number of rotatable bonds is 3. The van der Waals surface area contributed by atoms with Crippen LogP contribution in [0.3, 0.4) is 0 Å². The van der Waals surface area contributed by atoms with E-state index in [1.165, 1.54) is 25.7 Å². The Hall–Kier alpha value is -0.180. The molecule has 0 amide bonds. The van der Waals surface area contributed by atoms with Crippen LogP contribution in [0.4, 0.5) is 5.82 Å². The first kappa shape index (κ1) is 14.2. The van der Waals surface area contributed by atoms with Gasteiger partial charge in [0.1, 0.15) is 11.0 Å². The molecule has 0 radical (unpaired) electrons. The Morgan fingerprint density at radius 3 is 2.78 bits per heavy atom. The van der Waals surface area contributed by atoms with Gasteiger partial charge >= 0.3 is 0 Å². The van der Waals surface area contributed by atoms with Gasteiger partial charge in [-0.05, 0) is 30.7 Å². The van der Waals surface area contributed by atoms with E-state index < -0.39 is 0 Å². The minimum absolute atomic E-state index is 0.292. The smallest absolute Gasteiger partial charge is 0.150 e. The molecule has 2 rings (SSSR count). The third-order valence-electron chi connectivity index (χ3n) is 3.49. The lowest BCUT2D eigenvalue weighted by molar-refractivity contribution is 0.293. The highest BCUT2D eigenvalue weighted by Crippen LogP contribution is 2.31. The van der Waals surface area contributed by atoms with E-state index in [2.05, 4.69) is 17.2 Å². The standard InChI is InChI=1S/C13H17Cl3N2/c1-8-3-2-4-9(5-8)7-17-13-11(15)6-10(14)12(16)18-13/h6,8-9H,2-5,7H2,1H3,(H,17,18). The Morgan fingerprint density at radius 1 is 1.28 bits per heavy atom. The zero-order valence-corrected chi connectivity index (χ0v) is 12.6. The largest absolute Gasteiger partial charge is 0.369 e. The van der Waals surface area contributed by atoms with E-state index in [4.69, 9.17) is 34.8 Å². The summed E-state index contributed by atoms with van der Waals surface area (Å²) in [6.45, 7) is 3.21. The second kappa shape index (κ2) is 6.31. The van der Waals surface area contributed by atoms with Gasteiger partial charge in [-0.15, -0.1) is 0 Å². The van der Waals surface area contributed by atoms with Gasteiger partial charge in [0.15, 0.2) is 0 Å². The van der Waals surface area contributed by atoms with Gasteiger partial charge < -0.3 is 5.32 Å². The van der Waals surface area contributed by atoms with Crippen molar-refractivity contribution < 1.29 is 0 Å². The van der Waals surface area contributed by atoms with Gasteiger partial charge in [-0.25, -0.2) is 4.98 Å². The van der Waals surface area contributed by atoms with Crippen LogP contribution in [0.25, 0.3) is 0 Å². The number of pyridine rings is 1. The molecular formula is C13H17Cl3N2. The first-order chi connectivity index (χ1) is 8.56. The lowest BCUT2D eigenvalue weighted by Gasteiger charge is -2.27. The van der Waals surface area contributed by atoms with E-state index in [1.54, 1.807) is 6.07 Å². The molecule has 1 aliphatic rings. The van der Waals surface area contributed by atoms with Crippen LogP contribution in [0.2, 0.25) is 15.2 Å². The first-order valence-electron chi connectivity index (χ1n) is 6.31. The van der Waals surface area contributed by atoms with E-state index >= 15 is 0 Å². The van der Waals surface area contributed by atoms with E-state index in [0.717, 1.165) is 12.5 Å². The lowest BCUT2D eigenvalue weighted by atomic mass is 9.82. The van der Waals surface area contributed by atoms with E-state index in [1.807, 2.05) is 0 Å². The van der Waals surface area contributed by atoms with Crippen molar-refractivity contribution in [2.24, 2.45) is 11.8 Å². The maximum Gasteiger partial charge on any atom is 0.150 e. The summed E-state index contributed by atoms with van der Waals surface area (Å²) in [7, 11) is 0. The summed E-state index contributed by atoms with van der Waals surface area (Å²) in [5, 5.41) is 4.49. The molecule has 0 aromatic carbocycles. The Labute approximate surface area is 123 Å². The van der Waals surface area contributed by atoms with Gasteiger partial charge in [-0.3, -0.25) is 0 Å². The fraction of sp³-hybridized carbons (Fsp3) is 0.615. The van der Waals surface area contributed by atoms with Crippen LogP contribution in [-0.2, 0) is 0 Å². The molecule has 0 bridgehead atoms. The van der Waals surface area contributed by atoms with Gasteiger partial charge in [0.2, 0.25) is 0 Å². The molecule has 1 heterocycles. The average Bonchev–Trinajstić information content (AvgIpc) is 2.32. The van der Waals surface area contributed by atoms with Crippen LogP contribution < -0.4 is 5.32 Å². The Bertz CT molecular complexity index is 423. The van der Waals surface area contributed by atoms with Gasteiger partial charge in [0.25, 0.3) is 0 Å². The molecule has 5 heteroatoms. The third kappa shape index (κ3) is 3.66. The fourth-order valence-corrected chi connectivity index (χ4v) is 3.12. The van der Waals surface area contributed by atoms with Gasteiger partial charge in [-0.1, -0.05) is 54.6 Å². The zero-order valence-electron chi connectivity index (χ0n) is 10.3. The van der Waals surface area contributed by atoms with Gasteiger partial charge in [0.05, 0.1) is 10.0 Å². The predicted octanol–water partition coefficient (Wildman–Crippen LogP) is 5.28. The van der Waals surface area contributed by atoms with E-state index in [9.17, 15) is 0 Å². The SMILES string of the molecule is CC1CCCC(CNc2nc(Cl)c(Cl)cc2Cl)C1. The van der Waals surface area contributed by atoms with Crippen LogP contribution in [0.1, 0.15) is 32.6 Å². The monoisotopic (exact) mass is 306 g/mol. The molecule has 0 spiro atoms. The highest BCUT2D eigenvalue weighted by atomic mass is 35.5. The van der Waals surface area contributed by atoms with Gasteiger partial charge in [-0.2, -0.15) is 0 Å². The maximum absolute atomic E-state index is 6.08. The number of hydrogen-bond donors (Lipinski definition) is 1. The molecule has 1 fully saturated rings. The zero-order chi connectivity index (χ0) is 13.1. The summed E-state index contributed by atoms with van der Waals surface area (Å²) >= 11 is 17.8. The number of anilines is 1. The minimum atomic E-state index is 0.292. The molecule has 1 N–H and O–H groups in total. The van der Waals surface area contributed by atoms with Crippen LogP contribution in [0, 0.1) is 11.8 Å². The summed E-state index contributed by atoms with van der Waals surface area (Å²) in [4.78, 5) is 4.17. The van der Waals surface area contributed by atoms with Crippen molar-refractivity contribution >= 4 is 40.6 Å². The van der Waals surface area contributed by atoms with Crippen LogP contribution >= 0.6 is 34.8 Å². The molecule has 2 nitrogen and oxygen atoms in total. The predicted molar refractivity (Wildman–Crippen MR) is 78.9 cm³/mol. The normalized spacial score (nSPS) is 24.0. The number of nitrogens with zero attached hydrogens (tertiary/aromatic N) is 1. The van der Waals surface area contributed by atoms with E-state index in [0.29, 0.717) is 26.9 Å². The summed E-state index contributed by atoms with van der Waals surface area (Å²) in [5.74, 6) is 2.15. The van der Waals surface area contributed by atoms with Crippen molar-refractivity contribution in [3.8, 4) is 0 Å². The van der Waals surface area contributed by atoms with Crippen molar-refractivity contribution in [2.75, 3.05) is 11.9 Å². The molecule has 1 aliphatic carbocycles. The van der Waals surface area contributed by atoms with Crippen molar-refractivity contribution in [1.29, 1.82) is 0 Å². The number of hydrogen-bond acceptors (Lipinski definition) is 2. The molecule has 18 heavy (non-hydrogen) atoms. The summed E-state index contributed by atoms with van der Waals surface area (Å²) in [5.41, 5.74) is 0. The molecule has 2 atom stereocenters. The Kier molecular flexibility index (Phi) is 4.99. The molecular weight excluding hydrogens is 291 g/mol. The topological polar surface area (TPSA) is 24.9 Å². The number of aromatic nitrogens is 1. The lowest BCUT2D eigenvalue weighted by Crippen LogP contribution is -2.21. The highest BCUT2D eigenvalue weighted by molar-refractivity contribution is 6.42. The van der Waals surface area contributed by atoms with Crippen molar-refractivity contribution in [3.05, 3.63) is 21.3 Å². The Morgan fingerprint density at radius 2 is 2.06 bits per heavy atom. The minimum Gasteiger partial charge on any atom is -0.369 e. The quantitative estimate of drug-likeness (QED) is 0.768. The van der Waals surface area contributed by atoms with Crippen molar-refractivity contribution in [2.45, 2.75) is 32.6 Å². The number of halogens is 3. The van der Waals surface area contributed by atoms with E-state index in [-0.39, 0.29) is 0 Å². The molecule has 100 valence electrons. The third-order valence-corrected chi connectivity index (χ3v) is 4.45. The van der Waals surface area contributed by atoms with Crippen LogP contribution in [0.5, 0.6) is 0 Å². The van der Waals surface area contributed by atoms with Crippen LogP contribution in [0.15, 0.2) is 6.07 Å². The summed E-state index contributed by atoms with van der Waals surface area (Å²) < 4.78 is 0. The Balaban J connectivity index is 1.95. The highest BCUT2D eigenvalue weighted by Gasteiger charge is 2.19. The fourth-order valence-electron chi connectivity index (χ4n) is 2.55.